The van der Waals surface area contributed by atoms with Crippen LogP contribution in [0.2, 0.25) is 0 Å². The Kier molecular flexibility index (Phi) is 9.48. The molecule has 0 fully saturated rings. The first kappa shape index (κ1) is 20.8. The second-order valence-electron chi connectivity index (χ2n) is 4.26. The zero-order valence-electron chi connectivity index (χ0n) is 12.0. The van der Waals surface area contributed by atoms with Gasteiger partial charge in [0.25, 0.3) is 6.73 Å². The largest absolute Gasteiger partial charge is 1.00 e. The number of rotatable bonds is 6. The van der Waals surface area contributed by atoms with E-state index in [1.54, 1.807) is 46.3 Å². The van der Waals surface area contributed by atoms with Crippen LogP contribution in [-0.4, -0.2) is 17.5 Å². The third-order valence-electron chi connectivity index (χ3n) is 2.81. The number of ether oxygens (including phenoxy) is 1. The Hall–Kier alpha value is -2.22. The van der Waals surface area contributed by atoms with E-state index in [9.17, 15) is 9.70 Å². The lowest BCUT2D eigenvalue weighted by Crippen LogP contribution is -3.00. The van der Waals surface area contributed by atoms with Crippen molar-refractivity contribution in [3.05, 3.63) is 71.3 Å². The van der Waals surface area contributed by atoms with Crippen LogP contribution in [0.3, 0.4) is 0 Å². The fourth-order valence-electron chi connectivity index (χ4n) is 1.73. The van der Waals surface area contributed by atoms with Crippen molar-refractivity contribution in [2.75, 3.05) is 6.73 Å². The molecular formula is C14H16Cl2N4O3. The predicted octanol–water partition coefficient (Wildman–Crippen LogP) is -1.58. The number of hydrogen-bond donors (Lipinski definition) is 1. The van der Waals surface area contributed by atoms with Crippen molar-refractivity contribution < 1.29 is 26.5 Å². The first-order valence-corrected chi connectivity index (χ1v) is 6.21. The Bertz CT molecular complexity index is 615. The molecule has 0 saturated heterocycles. The van der Waals surface area contributed by atoms with Gasteiger partial charge in [-0.15, -0.1) is 17.3 Å². The van der Waals surface area contributed by atoms with Crippen molar-refractivity contribution >= 4 is 18.3 Å². The molecule has 0 bridgehead atoms. The van der Waals surface area contributed by atoms with Crippen molar-refractivity contribution in [1.82, 2.24) is 4.90 Å². The van der Waals surface area contributed by atoms with E-state index in [0.717, 1.165) is 0 Å². The Morgan fingerprint density at radius 3 is 2.65 bits per heavy atom. The number of nitrogens with two attached hydrogens (primary N) is 1. The van der Waals surface area contributed by atoms with Gasteiger partial charge >= 0.3 is 0 Å². The van der Waals surface area contributed by atoms with Gasteiger partial charge in [-0.1, -0.05) is 6.08 Å². The summed E-state index contributed by atoms with van der Waals surface area (Å²) < 4.78 is 7.30. The summed E-state index contributed by atoms with van der Waals surface area (Å²) in [6, 6.07) is 3.24. The van der Waals surface area contributed by atoms with Crippen LogP contribution in [0, 0.1) is 4.91 Å². The van der Waals surface area contributed by atoms with Crippen molar-refractivity contribution in [3.63, 3.8) is 0 Å². The van der Waals surface area contributed by atoms with Gasteiger partial charge in [-0.25, -0.2) is 0 Å². The molecule has 124 valence electrons. The molecule has 0 spiro atoms. The van der Waals surface area contributed by atoms with Crippen LogP contribution in [0.25, 0.3) is 0 Å². The van der Waals surface area contributed by atoms with Gasteiger partial charge in [0.1, 0.15) is 6.73 Å². The Labute approximate surface area is 145 Å². The molecular weight excluding hydrogens is 343 g/mol. The summed E-state index contributed by atoms with van der Waals surface area (Å²) in [7, 11) is 0. The normalized spacial score (nSPS) is 14.1. The Balaban J connectivity index is 0.00000242. The Morgan fingerprint density at radius 1 is 1.35 bits per heavy atom. The number of primary amides is 1. The molecule has 0 unspecified atom stereocenters. The third-order valence-corrected chi connectivity index (χ3v) is 2.81. The number of pyridine rings is 1. The fraction of sp³-hybridized carbons (Fsp3) is 0.143. The summed E-state index contributed by atoms with van der Waals surface area (Å²) in [5.41, 5.74) is 6.26. The summed E-state index contributed by atoms with van der Waals surface area (Å²) in [5.74, 6) is -0.468. The maximum Gasteiger partial charge on any atom is 0.254 e. The van der Waals surface area contributed by atoms with Gasteiger partial charge in [-0.2, -0.15) is 4.57 Å². The topological polar surface area (TPSA) is 88.9 Å². The molecule has 2 N–H and O–H groups in total. The molecule has 0 saturated carbocycles. The summed E-state index contributed by atoms with van der Waals surface area (Å²) in [6.07, 6.45) is 11.8. The van der Waals surface area contributed by atoms with Gasteiger partial charge in [0.15, 0.2) is 12.4 Å². The quantitative estimate of drug-likeness (QED) is 0.491. The van der Waals surface area contributed by atoms with Gasteiger partial charge in [-0.05, 0) is 17.3 Å². The third kappa shape index (κ3) is 6.19. The van der Waals surface area contributed by atoms with Crippen molar-refractivity contribution in [3.8, 4) is 0 Å². The van der Waals surface area contributed by atoms with Gasteiger partial charge < -0.3 is 27.8 Å². The van der Waals surface area contributed by atoms with E-state index in [-0.39, 0.29) is 31.5 Å². The SMILES string of the molecule is Cl.NC(=O)c1cc[n+](COCN2C=CC=C/C2=C/N=O)cc1.[Cl-]. The number of allylic oxidation sites excluding steroid dienone is 3. The molecule has 1 aliphatic rings. The lowest BCUT2D eigenvalue weighted by Gasteiger charge is -2.21. The number of hydrogen-bond acceptors (Lipinski definition) is 5. The minimum atomic E-state index is -0.468. The number of aromatic nitrogens is 1. The number of carbonyl (C=O) groups is 1. The van der Waals surface area contributed by atoms with E-state index in [2.05, 4.69) is 5.18 Å². The zero-order valence-corrected chi connectivity index (χ0v) is 13.6. The monoisotopic (exact) mass is 358 g/mol. The van der Waals surface area contributed by atoms with E-state index < -0.39 is 5.91 Å². The molecule has 1 aromatic rings. The van der Waals surface area contributed by atoms with Crippen molar-refractivity contribution in [2.45, 2.75) is 6.73 Å². The van der Waals surface area contributed by atoms with Crippen LogP contribution in [0.5, 0.6) is 0 Å². The summed E-state index contributed by atoms with van der Waals surface area (Å²) >= 11 is 0. The highest BCUT2D eigenvalue weighted by molar-refractivity contribution is 5.92. The molecule has 1 aliphatic heterocycles. The zero-order chi connectivity index (χ0) is 15.1. The summed E-state index contributed by atoms with van der Waals surface area (Å²) in [6.45, 7) is 0.571. The molecule has 9 heteroatoms. The average molecular weight is 359 g/mol. The standard InChI is InChI=1S/C14H14N4O3.2ClH/c15-14(19)12-4-7-17(8-5-12)10-21-11-18-6-2-1-3-13(18)9-16-20;;/h1-9H,10-11H2,(H-,15,19);2*1H/b13-9-;;. The highest BCUT2D eigenvalue weighted by atomic mass is 35.5. The Morgan fingerprint density at radius 2 is 2.04 bits per heavy atom. The molecule has 7 nitrogen and oxygen atoms in total. The second kappa shape index (κ2) is 10.5. The van der Waals surface area contributed by atoms with Gasteiger partial charge in [0, 0.05) is 18.3 Å². The molecule has 0 aliphatic carbocycles. The first-order chi connectivity index (χ1) is 10.2. The van der Waals surface area contributed by atoms with Gasteiger partial charge in [0.05, 0.1) is 17.5 Å². The molecule has 1 aromatic heterocycles. The van der Waals surface area contributed by atoms with Gasteiger partial charge in [0.2, 0.25) is 5.91 Å². The van der Waals surface area contributed by atoms with Crippen LogP contribution in [0.1, 0.15) is 10.4 Å². The highest BCUT2D eigenvalue weighted by Gasteiger charge is 2.09. The number of amides is 1. The summed E-state index contributed by atoms with van der Waals surface area (Å²) in [4.78, 5) is 23.0. The van der Waals surface area contributed by atoms with E-state index in [0.29, 0.717) is 18.0 Å². The number of halogens is 2. The van der Waals surface area contributed by atoms with Crippen LogP contribution < -0.4 is 22.7 Å². The molecule has 1 amide bonds. The second-order valence-corrected chi connectivity index (χ2v) is 4.26. The molecule has 2 heterocycles. The number of carbonyl (C=O) groups excluding carboxylic acids is 1. The van der Waals surface area contributed by atoms with E-state index >= 15 is 0 Å². The lowest BCUT2D eigenvalue weighted by atomic mass is 10.2. The van der Waals surface area contributed by atoms with E-state index in [1.807, 2.05) is 12.2 Å². The van der Waals surface area contributed by atoms with Gasteiger partial charge in [-0.3, -0.25) is 4.79 Å². The smallest absolute Gasteiger partial charge is 0.254 e. The van der Waals surface area contributed by atoms with E-state index in [4.69, 9.17) is 10.5 Å². The van der Waals surface area contributed by atoms with Crippen molar-refractivity contribution in [1.29, 1.82) is 0 Å². The van der Waals surface area contributed by atoms with E-state index in [1.165, 1.54) is 6.20 Å². The fourth-order valence-corrected chi connectivity index (χ4v) is 1.73. The minimum absolute atomic E-state index is 0. The molecule has 0 radical (unpaired) electrons. The van der Waals surface area contributed by atoms with Crippen LogP contribution in [-0.2, 0) is 11.5 Å². The molecule has 23 heavy (non-hydrogen) atoms. The number of nitrogens with zero attached hydrogens (tertiary/aromatic N) is 3. The first-order valence-electron chi connectivity index (χ1n) is 6.21. The van der Waals surface area contributed by atoms with Crippen molar-refractivity contribution in [2.24, 2.45) is 10.9 Å². The highest BCUT2D eigenvalue weighted by Crippen LogP contribution is 2.12. The maximum atomic E-state index is 11.0. The minimum Gasteiger partial charge on any atom is -1.00 e. The maximum absolute atomic E-state index is 11.0. The molecule has 0 aromatic carbocycles. The van der Waals surface area contributed by atoms with Crippen LogP contribution in [0.15, 0.2) is 66.0 Å². The predicted molar refractivity (Wildman–Crippen MR) is 82.4 cm³/mol. The summed E-state index contributed by atoms with van der Waals surface area (Å²) in [5, 5.41) is 2.76. The molecule has 2 rings (SSSR count). The average Bonchev–Trinajstić information content (AvgIpc) is 2.50. The van der Waals surface area contributed by atoms with Crippen LogP contribution in [0.4, 0.5) is 0 Å². The lowest BCUT2D eigenvalue weighted by molar-refractivity contribution is -0.733. The van der Waals surface area contributed by atoms with Crippen LogP contribution >= 0.6 is 12.4 Å². The molecule has 0 atom stereocenters. The number of nitroso groups, excluding NO2 is 1.